The van der Waals surface area contributed by atoms with Crippen molar-refractivity contribution in [1.82, 2.24) is 5.23 Å². The Morgan fingerprint density at radius 2 is 1.79 bits per heavy atom. The lowest BCUT2D eigenvalue weighted by Crippen LogP contribution is -2.48. The quantitative estimate of drug-likeness (QED) is 0.561. The van der Waals surface area contributed by atoms with Gasteiger partial charge in [0.15, 0.2) is 18.0 Å². The largest absolute Gasteiger partial charge is 0.485 e. The summed E-state index contributed by atoms with van der Waals surface area (Å²) in [6.45, 7) is 1.96. The zero-order valence-corrected chi connectivity index (χ0v) is 16.2. The number of carbonyl (C=O) groups is 2. The lowest BCUT2D eigenvalue weighted by molar-refractivity contribution is -0.347. The highest BCUT2D eigenvalue weighted by atomic mass is 35.5. The molecule has 5 atom stereocenters. The molecule has 5 rings (SSSR count). The Morgan fingerprint density at radius 3 is 2.55 bits per heavy atom. The number of nitrogens with zero attached hydrogens (tertiary/aromatic N) is 1. The van der Waals surface area contributed by atoms with Crippen LogP contribution in [0.3, 0.4) is 0 Å². The highest BCUT2D eigenvalue weighted by Gasteiger charge is 2.64. The Balaban J connectivity index is 1.53. The molecule has 2 aromatic rings. The topological polar surface area (TPSA) is 74.3 Å². The van der Waals surface area contributed by atoms with Crippen LogP contribution in [0.25, 0.3) is 0 Å². The molecule has 150 valence electrons. The van der Waals surface area contributed by atoms with Crippen molar-refractivity contribution in [2.75, 3.05) is 6.61 Å². The summed E-state index contributed by atoms with van der Waals surface area (Å²) in [6.07, 6.45) is -2.41. The molecule has 0 radical (unpaired) electrons. The molecule has 29 heavy (non-hydrogen) atoms. The van der Waals surface area contributed by atoms with E-state index in [0.717, 1.165) is 5.56 Å². The summed E-state index contributed by atoms with van der Waals surface area (Å²) in [5, 5.41) is 1.79. The van der Waals surface area contributed by atoms with Gasteiger partial charge in [0.1, 0.15) is 11.8 Å². The summed E-state index contributed by atoms with van der Waals surface area (Å²) in [6, 6.07) is 13.7. The normalized spacial score (nSPS) is 29.7. The van der Waals surface area contributed by atoms with Gasteiger partial charge in [-0.05, 0) is 37.3 Å². The lowest BCUT2D eigenvalue weighted by atomic mass is 9.79. The van der Waals surface area contributed by atoms with Gasteiger partial charge < -0.3 is 9.47 Å². The van der Waals surface area contributed by atoms with E-state index >= 15 is 0 Å². The van der Waals surface area contributed by atoms with Gasteiger partial charge in [-0.25, -0.2) is 4.79 Å². The number of esters is 1. The number of carbonyl (C=O) groups excluding carboxylic acids is 2. The first-order valence-electron chi connectivity index (χ1n) is 9.43. The Hall–Kier alpha value is -2.45. The number of hydrogen-bond acceptors (Lipinski definition) is 7. The van der Waals surface area contributed by atoms with Crippen molar-refractivity contribution in [3.63, 3.8) is 0 Å². The first-order valence-corrected chi connectivity index (χ1v) is 9.81. The highest BCUT2D eigenvalue weighted by molar-refractivity contribution is 6.30. The predicted molar refractivity (Wildman–Crippen MR) is 101 cm³/mol. The van der Waals surface area contributed by atoms with Crippen molar-refractivity contribution < 1.29 is 28.7 Å². The van der Waals surface area contributed by atoms with Crippen LogP contribution < -0.4 is 4.74 Å². The van der Waals surface area contributed by atoms with Crippen LogP contribution >= 0.6 is 11.6 Å². The molecule has 2 aromatic carbocycles. The second kappa shape index (κ2) is 7.11. The Bertz CT molecular complexity index is 964. The summed E-state index contributed by atoms with van der Waals surface area (Å²) >= 11 is 5.95. The summed E-state index contributed by atoms with van der Waals surface area (Å²) in [5.41, 5.74) is 1.33. The fourth-order valence-corrected chi connectivity index (χ4v) is 4.33. The molecule has 0 saturated carbocycles. The number of para-hydroxylation sites is 1. The van der Waals surface area contributed by atoms with Crippen molar-refractivity contribution in [3.8, 4) is 5.75 Å². The smallest absolute Gasteiger partial charge is 0.341 e. The fourth-order valence-electron chi connectivity index (χ4n) is 4.21. The minimum atomic E-state index is -0.956. The van der Waals surface area contributed by atoms with Crippen LogP contribution in [0.15, 0.2) is 48.5 Å². The third kappa shape index (κ3) is 2.93. The predicted octanol–water partition coefficient (Wildman–Crippen LogP) is 2.93. The Labute approximate surface area is 172 Å². The van der Waals surface area contributed by atoms with Gasteiger partial charge >= 0.3 is 5.97 Å². The van der Waals surface area contributed by atoms with E-state index in [9.17, 15) is 9.59 Å². The van der Waals surface area contributed by atoms with Crippen molar-refractivity contribution in [3.05, 3.63) is 64.7 Å². The summed E-state index contributed by atoms with van der Waals surface area (Å²) in [7, 11) is 0. The van der Waals surface area contributed by atoms with Crippen LogP contribution in [0.2, 0.25) is 5.02 Å². The lowest BCUT2D eigenvalue weighted by Gasteiger charge is -2.33. The van der Waals surface area contributed by atoms with E-state index in [4.69, 9.17) is 30.7 Å². The molecular weight excluding hydrogens is 398 g/mol. The average molecular weight is 416 g/mol. The molecule has 0 amide bonds. The van der Waals surface area contributed by atoms with Gasteiger partial charge in [-0.15, -0.1) is 0 Å². The average Bonchev–Trinajstić information content (AvgIpc) is 3.28. The van der Waals surface area contributed by atoms with Crippen molar-refractivity contribution in [1.29, 1.82) is 0 Å². The molecule has 2 saturated heterocycles. The molecule has 7 nitrogen and oxygen atoms in total. The van der Waals surface area contributed by atoms with E-state index in [1.165, 1.54) is 5.23 Å². The number of fused-ring (bicyclic) bond motifs is 2. The zero-order chi connectivity index (χ0) is 20.1. The number of halogens is 1. The summed E-state index contributed by atoms with van der Waals surface area (Å²) < 4.78 is 11.2. The Morgan fingerprint density at radius 1 is 1.07 bits per heavy atom. The van der Waals surface area contributed by atoms with Gasteiger partial charge in [0.2, 0.25) is 6.10 Å². The minimum absolute atomic E-state index is 0.187. The Kier molecular flexibility index (Phi) is 4.55. The number of ketones is 1. The molecule has 0 aliphatic carbocycles. The summed E-state index contributed by atoms with van der Waals surface area (Å²) in [5.74, 6) is -0.451. The number of ether oxygens (including phenoxy) is 2. The van der Waals surface area contributed by atoms with Crippen LogP contribution in [0, 0.1) is 0 Å². The van der Waals surface area contributed by atoms with Crippen LogP contribution in [0.4, 0.5) is 0 Å². The van der Waals surface area contributed by atoms with Crippen LogP contribution in [0.5, 0.6) is 5.75 Å². The van der Waals surface area contributed by atoms with Crippen molar-refractivity contribution >= 4 is 23.4 Å². The number of hydroxylamine groups is 2. The zero-order valence-electron chi connectivity index (χ0n) is 15.5. The molecule has 3 aliphatic heterocycles. The van der Waals surface area contributed by atoms with E-state index in [-0.39, 0.29) is 18.3 Å². The fraction of sp³-hybridized carbons (Fsp3) is 0.333. The number of benzene rings is 2. The van der Waals surface area contributed by atoms with Gasteiger partial charge in [0, 0.05) is 22.1 Å². The number of hydrogen-bond donors (Lipinski definition) is 0. The van der Waals surface area contributed by atoms with Crippen LogP contribution in [-0.2, 0) is 19.2 Å². The molecule has 0 aromatic heterocycles. The maximum absolute atomic E-state index is 13.2. The second-order valence-electron chi connectivity index (χ2n) is 7.10. The molecule has 0 bridgehead atoms. The molecule has 3 heterocycles. The maximum Gasteiger partial charge on any atom is 0.341 e. The minimum Gasteiger partial charge on any atom is -0.485 e. The third-order valence-corrected chi connectivity index (χ3v) is 5.71. The van der Waals surface area contributed by atoms with Gasteiger partial charge in [-0.1, -0.05) is 35.0 Å². The van der Waals surface area contributed by atoms with Crippen molar-refractivity contribution in [2.45, 2.75) is 37.2 Å². The standard InChI is InChI=1S/C21H18ClNO6/c1-2-26-21(25)20-19-16-15(13-5-3-4-6-14(13)27-19)18(28-23(16)29-20)17(24)11-7-9-12(22)10-8-11/h3-10,15-16,18-20H,2H2,1H3/t15-,16-,18-,19+,20+/m0/s1. The van der Waals surface area contributed by atoms with E-state index in [0.29, 0.717) is 16.3 Å². The molecular formula is C21H18ClNO6. The highest BCUT2D eigenvalue weighted by Crippen LogP contribution is 2.50. The third-order valence-electron chi connectivity index (χ3n) is 5.45. The molecule has 8 heteroatoms. The summed E-state index contributed by atoms with van der Waals surface area (Å²) in [4.78, 5) is 37.2. The SMILES string of the molecule is CCOC(=O)[C@@H]1ON2O[C@H](C(=O)c3ccc(Cl)cc3)[C@H]3c4ccccc4O[C@@H]1[C@H]32. The van der Waals surface area contributed by atoms with E-state index in [2.05, 4.69) is 0 Å². The molecule has 0 unspecified atom stereocenters. The van der Waals surface area contributed by atoms with Gasteiger partial charge in [-0.2, -0.15) is 0 Å². The van der Waals surface area contributed by atoms with E-state index in [1.807, 2.05) is 24.3 Å². The number of rotatable bonds is 4. The maximum atomic E-state index is 13.2. The monoisotopic (exact) mass is 415 g/mol. The molecule has 0 N–H and O–H groups in total. The van der Waals surface area contributed by atoms with Crippen molar-refractivity contribution in [2.24, 2.45) is 0 Å². The molecule has 3 aliphatic rings. The van der Waals surface area contributed by atoms with Gasteiger partial charge in [0.25, 0.3) is 0 Å². The van der Waals surface area contributed by atoms with E-state index < -0.39 is 30.3 Å². The van der Waals surface area contributed by atoms with Crippen LogP contribution in [0.1, 0.15) is 28.8 Å². The number of Topliss-reactive ketones (excluding diaryl/α,β-unsaturated/α-hetero) is 1. The van der Waals surface area contributed by atoms with Gasteiger partial charge in [-0.3, -0.25) is 14.5 Å². The molecule has 0 spiro atoms. The molecule has 2 fully saturated rings. The van der Waals surface area contributed by atoms with Crippen LogP contribution in [-0.4, -0.2) is 47.9 Å². The van der Waals surface area contributed by atoms with E-state index in [1.54, 1.807) is 31.2 Å². The second-order valence-corrected chi connectivity index (χ2v) is 7.53. The first kappa shape index (κ1) is 18.6. The van der Waals surface area contributed by atoms with Gasteiger partial charge in [0.05, 0.1) is 6.61 Å². The first-order chi connectivity index (χ1) is 14.1.